The van der Waals surface area contributed by atoms with Gasteiger partial charge in [-0.3, -0.25) is 14.6 Å². The van der Waals surface area contributed by atoms with E-state index in [4.69, 9.17) is 61.0 Å². The molecule has 25 heteroatoms. The van der Waals surface area contributed by atoms with Crippen LogP contribution in [-0.2, 0) is 32.2 Å². The van der Waals surface area contributed by atoms with Crippen molar-refractivity contribution in [2.45, 2.75) is 13.1 Å². The molecule has 4 aliphatic heterocycles. The predicted molar refractivity (Wildman–Crippen MR) is 258 cm³/mol. The van der Waals surface area contributed by atoms with Crippen molar-refractivity contribution in [2.24, 2.45) is 0 Å². The summed E-state index contributed by atoms with van der Waals surface area (Å²) in [5.74, 6) is -0.689. The van der Waals surface area contributed by atoms with E-state index in [0.717, 1.165) is 42.8 Å². The van der Waals surface area contributed by atoms with Gasteiger partial charge >= 0.3 is 5.97 Å². The van der Waals surface area contributed by atoms with E-state index < -0.39 is 19.2 Å². The highest BCUT2D eigenvalue weighted by atomic mass is 19.1. The third kappa shape index (κ3) is 12.9. The Balaban J connectivity index is 0.000000175. The molecule has 4 saturated heterocycles. The zero-order chi connectivity index (χ0) is 49.9. The van der Waals surface area contributed by atoms with Gasteiger partial charge in [-0.15, -0.1) is 0 Å². The number of aliphatic hydroxyl groups is 2. The average Bonchev–Trinajstić information content (AvgIpc) is 3.40. The maximum atomic E-state index is 14.8. The molecule has 0 unspecified atom stereocenters. The second kappa shape index (κ2) is 23.7. The van der Waals surface area contributed by atoms with Crippen LogP contribution in [0.3, 0.4) is 0 Å². The molecule has 23 nitrogen and oxygen atoms in total. The van der Waals surface area contributed by atoms with Crippen LogP contribution in [0, 0.1) is 11.6 Å². The fourth-order valence-corrected chi connectivity index (χ4v) is 8.52. The number of rotatable bonds is 10. The average molecular weight is 983 g/mol. The standard InChI is InChI=1S/C23H27FN8O3.C21H25FN8O.C2H4O3/c24-17-9-15(13-30-1-3-31(4-2-30)19(34)14-33)20-18(10-17)21(16-11-26-22(25)27-12-16)29-23(28-20)32-5-7-35-8-6-32;22-16-9-14(13-29-3-1-24-2-4-29)18-17(10-16)19(15-11-25-20(23)26-12-15)28-21(27-18)30-5-7-31-8-6-30;3-1-2(4)5/h9-12,33H,1-8,13-14H2,(H2,25,26,27);9-12,24H,1-8,13H2,(H2,23,25,26);3H,1H2,(H,4,5). The van der Waals surface area contributed by atoms with Crippen LogP contribution in [0.2, 0.25) is 0 Å². The lowest BCUT2D eigenvalue weighted by molar-refractivity contribution is -0.140. The maximum absolute atomic E-state index is 14.8. The molecular formula is C46H56F2N16O7. The zero-order valence-electron chi connectivity index (χ0n) is 39.0. The normalized spacial score (nSPS) is 16.8. The minimum atomic E-state index is -1.19. The highest BCUT2D eigenvalue weighted by Crippen LogP contribution is 2.33. The van der Waals surface area contributed by atoms with Crippen molar-refractivity contribution in [3.63, 3.8) is 0 Å². The number of benzene rings is 2. The van der Waals surface area contributed by atoms with E-state index >= 15 is 0 Å². The Kier molecular flexibility index (Phi) is 16.8. The van der Waals surface area contributed by atoms with Crippen molar-refractivity contribution in [1.82, 2.24) is 59.9 Å². The minimum Gasteiger partial charge on any atom is -0.480 e. The number of halogens is 2. The molecule has 0 radical (unpaired) electrons. The summed E-state index contributed by atoms with van der Waals surface area (Å²) in [7, 11) is 0. The zero-order valence-corrected chi connectivity index (χ0v) is 39.0. The van der Waals surface area contributed by atoms with Crippen molar-refractivity contribution in [1.29, 1.82) is 0 Å². The molecule has 10 rings (SSSR count). The van der Waals surface area contributed by atoms with Crippen LogP contribution in [0.1, 0.15) is 11.1 Å². The number of aromatic nitrogens is 8. The molecule has 0 bridgehead atoms. The van der Waals surface area contributed by atoms with E-state index in [9.17, 15) is 13.6 Å². The second-order valence-corrected chi connectivity index (χ2v) is 16.9. The first-order chi connectivity index (χ1) is 34.5. The molecular weight excluding hydrogens is 927 g/mol. The molecule has 2 aromatic carbocycles. The van der Waals surface area contributed by atoms with Gasteiger partial charge < -0.3 is 56.3 Å². The highest BCUT2D eigenvalue weighted by molar-refractivity contribution is 5.96. The number of carboxylic acids is 1. The Bertz CT molecular complexity index is 2770. The lowest BCUT2D eigenvalue weighted by atomic mass is 10.0. The Morgan fingerprint density at radius 1 is 0.592 bits per heavy atom. The molecule has 1 amide bonds. The number of nitrogens with two attached hydrogens (primary N) is 2. The lowest BCUT2D eigenvalue weighted by Crippen LogP contribution is -2.49. The second-order valence-electron chi connectivity index (χ2n) is 16.9. The first-order valence-corrected chi connectivity index (χ1v) is 23.1. The van der Waals surface area contributed by atoms with Gasteiger partial charge in [-0.05, 0) is 35.4 Å². The van der Waals surface area contributed by atoms with Crippen LogP contribution in [0.15, 0.2) is 49.1 Å². The third-order valence-corrected chi connectivity index (χ3v) is 12.1. The summed E-state index contributed by atoms with van der Waals surface area (Å²) in [5.41, 5.74) is 16.8. The van der Waals surface area contributed by atoms with E-state index in [1.165, 1.54) is 18.2 Å². The molecule has 4 aliphatic rings. The Morgan fingerprint density at radius 3 is 1.39 bits per heavy atom. The van der Waals surface area contributed by atoms with Crippen molar-refractivity contribution in [3.05, 3.63) is 71.8 Å². The summed E-state index contributed by atoms with van der Waals surface area (Å²) in [5, 5.41) is 28.7. The number of aliphatic carboxylic acids is 1. The van der Waals surface area contributed by atoms with E-state index in [2.05, 4.69) is 44.9 Å². The Labute approximate surface area is 406 Å². The van der Waals surface area contributed by atoms with E-state index in [1.807, 2.05) is 0 Å². The molecule has 0 aliphatic carbocycles. The lowest BCUT2D eigenvalue weighted by Gasteiger charge is -2.34. The number of hydrogen-bond acceptors (Lipinski definition) is 21. The monoisotopic (exact) mass is 982 g/mol. The van der Waals surface area contributed by atoms with Crippen LogP contribution in [0.25, 0.3) is 44.3 Å². The smallest absolute Gasteiger partial charge is 0.329 e. The molecule has 8 heterocycles. The molecule has 8 N–H and O–H groups in total. The summed E-state index contributed by atoms with van der Waals surface area (Å²) in [4.78, 5) is 66.9. The van der Waals surface area contributed by atoms with Gasteiger partial charge in [0.2, 0.25) is 29.7 Å². The Hall–Kier alpha value is -7.00. The van der Waals surface area contributed by atoms with Gasteiger partial charge in [0, 0.05) is 138 Å². The third-order valence-electron chi connectivity index (χ3n) is 12.1. The van der Waals surface area contributed by atoms with Gasteiger partial charge in [0.15, 0.2) is 0 Å². The molecule has 0 atom stereocenters. The van der Waals surface area contributed by atoms with Crippen molar-refractivity contribution in [3.8, 4) is 22.5 Å². The molecule has 6 aromatic rings. The van der Waals surface area contributed by atoms with Gasteiger partial charge in [0.1, 0.15) is 24.8 Å². The quantitative estimate of drug-likeness (QED) is 0.108. The number of carboxylic acid groups (broad SMARTS) is 1. The molecule has 4 aromatic heterocycles. The van der Waals surface area contributed by atoms with Gasteiger partial charge in [0.25, 0.3) is 0 Å². The number of morpholine rings is 2. The number of aliphatic hydroxyl groups excluding tert-OH is 2. The molecule has 376 valence electrons. The van der Waals surface area contributed by atoms with Gasteiger partial charge in [-0.25, -0.2) is 53.4 Å². The number of fused-ring (bicyclic) bond motifs is 2. The summed E-state index contributed by atoms with van der Waals surface area (Å²) >= 11 is 0. The number of ether oxygens (including phenoxy) is 2. The topological polar surface area (TPSA) is 297 Å². The number of nitrogen functional groups attached to an aromatic ring is 2. The van der Waals surface area contributed by atoms with Gasteiger partial charge in [-0.1, -0.05) is 0 Å². The molecule has 4 fully saturated rings. The highest BCUT2D eigenvalue weighted by Gasteiger charge is 2.25. The fraction of sp³-hybridized carbons (Fsp3) is 0.435. The summed E-state index contributed by atoms with van der Waals surface area (Å²) in [6, 6.07) is 6.02. The van der Waals surface area contributed by atoms with Crippen LogP contribution in [0.4, 0.5) is 32.6 Å². The van der Waals surface area contributed by atoms with Crippen LogP contribution in [-0.4, -0.2) is 200 Å². The summed E-state index contributed by atoms with van der Waals surface area (Å²) in [6.45, 7) is 10.9. The number of nitrogens with zero attached hydrogens (tertiary/aromatic N) is 13. The number of carbonyl (C=O) groups is 2. The first-order valence-electron chi connectivity index (χ1n) is 23.1. The summed E-state index contributed by atoms with van der Waals surface area (Å²) in [6.07, 6.45) is 6.40. The molecule has 71 heavy (non-hydrogen) atoms. The number of anilines is 4. The van der Waals surface area contributed by atoms with Crippen LogP contribution >= 0.6 is 0 Å². The van der Waals surface area contributed by atoms with Crippen molar-refractivity contribution in [2.75, 3.05) is 139 Å². The number of piperazine rings is 2. The van der Waals surface area contributed by atoms with Crippen LogP contribution in [0.5, 0.6) is 0 Å². The fourth-order valence-electron chi connectivity index (χ4n) is 8.52. The maximum Gasteiger partial charge on any atom is 0.329 e. The van der Waals surface area contributed by atoms with E-state index in [1.54, 1.807) is 35.8 Å². The van der Waals surface area contributed by atoms with Gasteiger partial charge in [0.05, 0.1) is 48.8 Å². The first kappa shape index (κ1) is 50.4. The summed E-state index contributed by atoms with van der Waals surface area (Å²) < 4.78 is 40.5. The van der Waals surface area contributed by atoms with E-state index in [0.29, 0.717) is 143 Å². The number of amides is 1. The minimum absolute atomic E-state index is 0.145. The Morgan fingerprint density at radius 2 is 1.00 bits per heavy atom. The predicted octanol–water partition coefficient (Wildman–Crippen LogP) is 0.394. The van der Waals surface area contributed by atoms with E-state index in [-0.39, 0.29) is 29.4 Å². The number of carbonyl (C=O) groups excluding carboxylic acids is 1. The SMILES string of the molecule is Nc1ncc(-c2nc(N3CCOCC3)nc3c(CN4CCN(C(=O)CO)CC4)cc(F)cc23)cn1.Nc1ncc(-c2nc(N3CCOCC3)nc3c(CN4CCNCC4)cc(F)cc23)cn1.O=C(O)CO. The number of nitrogens with one attached hydrogen (secondary N) is 1. The van der Waals surface area contributed by atoms with Crippen molar-refractivity contribution < 1.29 is 43.2 Å². The number of hydrogen-bond donors (Lipinski definition) is 6. The molecule has 0 spiro atoms. The largest absolute Gasteiger partial charge is 0.480 e. The van der Waals surface area contributed by atoms with Crippen molar-refractivity contribution >= 4 is 57.5 Å². The van der Waals surface area contributed by atoms with Crippen LogP contribution < -0.4 is 26.6 Å². The van der Waals surface area contributed by atoms with Gasteiger partial charge in [-0.2, -0.15) is 0 Å². The molecule has 0 saturated carbocycles.